The van der Waals surface area contributed by atoms with Gasteiger partial charge in [-0.05, 0) is 39.2 Å². The molecular formula is C15H26N4O2. The van der Waals surface area contributed by atoms with Crippen LogP contribution in [0, 0.1) is 10.1 Å². The van der Waals surface area contributed by atoms with Gasteiger partial charge >= 0.3 is 0 Å². The number of nitro benzene ring substituents is 1. The molecule has 1 N–H and O–H groups in total. The van der Waals surface area contributed by atoms with Gasteiger partial charge < -0.3 is 15.1 Å². The molecule has 6 nitrogen and oxygen atoms in total. The number of nitro groups is 1. The van der Waals surface area contributed by atoms with E-state index in [-0.39, 0.29) is 10.6 Å². The van der Waals surface area contributed by atoms with E-state index in [0.29, 0.717) is 6.54 Å². The van der Waals surface area contributed by atoms with Gasteiger partial charge in [0, 0.05) is 44.0 Å². The zero-order chi connectivity index (χ0) is 15.8. The van der Waals surface area contributed by atoms with Crippen molar-refractivity contribution >= 4 is 11.4 Å². The molecule has 21 heavy (non-hydrogen) atoms. The largest absolute Gasteiger partial charge is 0.385 e. The van der Waals surface area contributed by atoms with E-state index < -0.39 is 0 Å². The normalized spacial score (nSPS) is 11.1. The molecule has 1 rings (SSSR count). The molecule has 0 aliphatic heterocycles. The minimum Gasteiger partial charge on any atom is -0.385 e. The van der Waals surface area contributed by atoms with Crippen molar-refractivity contribution in [2.75, 3.05) is 46.1 Å². The summed E-state index contributed by atoms with van der Waals surface area (Å²) < 4.78 is 0. The maximum Gasteiger partial charge on any atom is 0.269 e. The average molecular weight is 294 g/mol. The van der Waals surface area contributed by atoms with Crippen molar-refractivity contribution < 1.29 is 4.92 Å². The van der Waals surface area contributed by atoms with E-state index in [9.17, 15) is 10.1 Å². The smallest absolute Gasteiger partial charge is 0.269 e. The number of anilines is 1. The molecule has 0 bridgehead atoms. The van der Waals surface area contributed by atoms with Crippen LogP contribution >= 0.6 is 0 Å². The molecule has 0 saturated heterocycles. The topological polar surface area (TPSA) is 61.7 Å². The van der Waals surface area contributed by atoms with Gasteiger partial charge in [0.25, 0.3) is 5.69 Å². The fraction of sp³-hybridized carbons (Fsp3) is 0.600. The molecule has 0 amide bonds. The van der Waals surface area contributed by atoms with Crippen LogP contribution in [0.4, 0.5) is 11.4 Å². The third-order valence-corrected chi connectivity index (χ3v) is 3.23. The van der Waals surface area contributed by atoms with Gasteiger partial charge in [-0.15, -0.1) is 0 Å². The molecule has 0 fully saturated rings. The molecule has 0 atom stereocenters. The van der Waals surface area contributed by atoms with E-state index in [0.717, 1.165) is 37.3 Å². The summed E-state index contributed by atoms with van der Waals surface area (Å²) in [5.41, 5.74) is 2.10. The SMILES string of the molecule is CCCNc1ccc([N+](=O)[O-])cc1CN(C)CCN(C)C. The van der Waals surface area contributed by atoms with Gasteiger partial charge in [0.2, 0.25) is 0 Å². The van der Waals surface area contributed by atoms with E-state index in [4.69, 9.17) is 0 Å². The Hall–Kier alpha value is -1.66. The highest BCUT2D eigenvalue weighted by Crippen LogP contribution is 2.23. The Morgan fingerprint density at radius 3 is 2.52 bits per heavy atom. The second kappa shape index (κ2) is 8.59. The monoisotopic (exact) mass is 294 g/mol. The maximum atomic E-state index is 10.9. The van der Waals surface area contributed by atoms with Crippen LogP contribution in [0.3, 0.4) is 0 Å². The molecule has 0 aliphatic carbocycles. The Bertz CT molecular complexity index is 463. The highest BCUT2D eigenvalue weighted by atomic mass is 16.6. The zero-order valence-corrected chi connectivity index (χ0v) is 13.4. The summed E-state index contributed by atoms with van der Waals surface area (Å²) in [6.45, 7) is 5.54. The van der Waals surface area contributed by atoms with Crippen LogP contribution in [0.15, 0.2) is 18.2 Å². The lowest BCUT2D eigenvalue weighted by Gasteiger charge is -2.21. The molecule has 0 saturated carbocycles. The van der Waals surface area contributed by atoms with E-state index in [2.05, 4.69) is 22.0 Å². The average Bonchev–Trinajstić information content (AvgIpc) is 2.43. The minimum atomic E-state index is -0.340. The first-order valence-electron chi connectivity index (χ1n) is 7.28. The minimum absolute atomic E-state index is 0.146. The molecule has 0 aromatic heterocycles. The van der Waals surface area contributed by atoms with Crippen molar-refractivity contribution in [2.24, 2.45) is 0 Å². The number of non-ortho nitro benzene ring substituents is 1. The number of nitrogens with one attached hydrogen (secondary N) is 1. The first kappa shape index (κ1) is 17.4. The van der Waals surface area contributed by atoms with E-state index in [1.54, 1.807) is 12.1 Å². The van der Waals surface area contributed by atoms with Crippen molar-refractivity contribution in [1.29, 1.82) is 0 Å². The number of benzene rings is 1. The first-order valence-corrected chi connectivity index (χ1v) is 7.28. The Morgan fingerprint density at radius 1 is 1.24 bits per heavy atom. The summed E-state index contributed by atoms with van der Waals surface area (Å²) >= 11 is 0. The van der Waals surface area contributed by atoms with E-state index in [1.165, 1.54) is 0 Å². The molecule has 6 heteroatoms. The molecule has 0 aliphatic rings. The lowest BCUT2D eigenvalue weighted by molar-refractivity contribution is -0.384. The summed E-state index contributed by atoms with van der Waals surface area (Å²) in [5, 5.41) is 14.3. The lowest BCUT2D eigenvalue weighted by atomic mass is 10.1. The fourth-order valence-corrected chi connectivity index (χ4v) is 2.00. The highest BCUT2D eigenvalue weighted by molar-refractivity contribution is 5.56. The van der Waals surface area contributed by atoms with Crippen LogP contribution in [-0.4, -0.2) is 55.5 Å². The van der Waals surface area contributed by atoms with Crippen molar-refractivity contribution in [3.63, 3.8) is 0 Å². The Balaban J connectivity index is 2.83. The number of hydrogen-bond acceptors (Lipinski definition) is 5. The summed E-state index contributed by atoms with van der Waals surface area (Å²) in [6.07, 6.45) is 1.02. The molecular weight excluding hydrogens is 268 g/mol. The van der Waals surface area contributed by atoms with Crippen molar-refractivity contribution in [3.05, 3.63) is 33.9 Å². The van der Waals surface area contributed by atoms with Crippen LogP contribution in [-0.2, 0) is 6.54 Å². The van der Waals surface area contributed by atoms with Gasteiger partial charge in [0.05, 0.1) is 4.92 Å². The Morgan fingerprint density at radius 2 is 1.95 bits per heavy atom. The molecule has 0 heterocycles. The van der Waals surface area contributed by atoms with Crippen molar-refractivity contribution in [3.8, 4) is 0 Å². The number of rotatable bonds is 9. The van der Waals surface area contributed by atoms with E-state index >= 15 is 0 Å². The van der Waals surface area contributed by atoms with Crippen LogP contribution in [0.25, 0.3) is 0 Å². The number of hydrogen-bond donors (Lipinski definition) is 1. The first-order chi connectivity index (χ1) is 9.93. The molecule has 1 aromatic carbocycles. The van der Waals surface area contributed by atoms with Crippen molar-refractivity contribution in [1.82, 2.24) is 9.80 Å². The van der Waals surface area contributed by atoms with Gasteiger partial charge in [-0.3, -0.25) is 10.1 Å². The van der Waals surface area contributed by atoms with Crippen LogP contribution < -0.4 is 5.32 Å². The third kappa shape index (κ3) is 6.10. The van der Waals surface area contributed by atoms with Gasteiger partial charge in [-0.2, -0.15) is 0 Å². The molecule has 0 spiro atoms. The van der Waals surface area contributed by atoms with Crippen LogP contribution in [0.5, 0.6) is 0 Å². The van der Waals surface area contributed by atoms with E-state index in [1.807, 2.05) is 27.2 Å². The molecule has 0 unspecified atom stereocenters. The summed E-state index contributed by atoms with van der Waals surface area (Å²) in [5.74, 6) is 0. The zero-order valence-electron chi connectivity index (χ0n) is 13.4. The molecule has 1 aromatic rings. The van der Waals surface area contributed by atoms with Gasteiger partial charge in [0.15, 0.2) is 0 Å². The standard InChI is InChI=1S/C15H26N4O2/c1-5-8-16-15-7-6-14(19(20)21)11-13(15)12-18(4)10-9-17(2)3/h6-7,11,16H,5,8-10,12H2,1-4H3. The second-order valence-corrected chi connectivity index (χ2v) is 5.57. The van der Waals surface area contributed by atoms with Gasteiger partial charge in [0.1, 0.15) is 0 Å². The predicted molar refractivity (Wildman–Crippen MR) is 86.8 cm³/mol. The second-order valence-electron chi connectivity index (χ2n) is 5.57. The van der Waals surface area contributed by atoms with Gasteiger partial charge in [-0.25, -0.2) is 0 Å². The number of likely N-dealkylation sites (N-methyl/N-ethyl adjacent to an activating group) is 2. The third-order valence-electron chi connectivity index (χ3n) is 3.23. The summed E-state index contributed by atoms with van der Waals surface area (Å²) in [4.78, 5) is 14.9. The fourth-order valence-electron chi connectivity index (χ4n) is 2.00. The van der Waals surface area contributed by atoms with Crippen molar-refractivity contribution in [2.45, 2.75) is 19.9 Å². The van der Waals surface area contributed by atoms with Crippen LogP contribution in [0.1, 0.15) is 18.9 Å². The number of nitrogens with zero attached hydrogens (tertiary/aromatic N) is 3. The quantitative estimate of drug-likeness (QED) is 0.560. The Labute approximate surface area is 126 Å². The highest BCUT2D eigenvalue weighted by Gasteiger charge is 2.12. The maximum absolute atomic E-state index is 10.9. The molecule has 118 valence electrons. The summed E-state index contributed by atoms with van der Waals surface area (Å²) in [6, 6.07) is 5.04. The molecule has 0 radical (unpaired) electrons. The Kier molecular flexibility index (Phi) is 7.11. The predicted octanol–water partition coefficient (Wildman–Crippen LogP) is 2.41. The van der Waals surface area contributed by atoms with Crippen LogP contribution in [0.2, 0.25) is 0 Å². The summed E-state index contributed by atoms with van der Waals surface area (Å²) in [7, 11) is 6.11. The van der Waals surface area contributed by atoms with Gasteiger partial charge in [-0.1, -0.05) is 6.92 Å². The lowest BCUT2D eigenvalue weighted by Crippen LogP contribution is -2.28.